The molecule has 27 heavy (non-hydrogen) atoms. The maximum absolute atomic E-state index is 12.9. The molecular formula is C18H17N7OS. The van der Waals surface area contributed by atoms with Gasteiger partial charge in [0.25, 0.3) is 5.91 Å². The number of aromatic nitrogens is 6. The molecule has 0 atom stereocenters. The molecule has 0 saturated carbocycles. The summed E-state index contributed by atoms with van der Waals surface area (Å²) in [5.41, 5.74) is 3.24. The number of pyridine rings is 1. The van der Waals surface area contributed by atoms with E-state index < -0.39 is 0 Å². The van der Waals surface area contributed by atoms with Crippen LogP contribution in [-0.4, -0.2) is 35.4 Å². The van der Waals surface area contributed by atoms with Crippen LogP contribution in [0, 0.1) is 13.8 Å². The van der Waals surface area contributed by atoms with Crippen molar-refractivity contribution in [3.63, 3.8) is 0 Å². The molecule has 4 aromatic heterocycles. The first-order valence-electron chi connectivity index (χ1n) is 8.28. The van der Waals surface area contributed by atoms with E-state index in [-0.39, 0.29) is 5.91 Å². The zero-order chi connectivity index (χ0) is 19.0. The van der Waals surface area contributed by atoms with E-state index in [2.05, 4.69) is 25.6 Å². The number of hydrogen-bond donors (Lipinski definition) is 1. The maximum atomic E-state index is 12.9. The van der Waals surface area contributed by atoms with E-state index in [9.17, 15) is 4.79 Å². The first kappa shape index (κ1) is 17.1. The highest BCUT2D eigenvalue weighted by Crippen LogP contribution is 2.26. The SMILES string of the molecule is Cc1ccc(C)n1-c1c(C(=O)Nc2nnc(-c3ccccn3)s2)cnn1C. The number of aryl methyl sites for hydroxylation is 3. The average Bonchev–Trinajstić information content (AvgIpc) is 3.36. The van der Waals surface area contributed by atoms with Gasteiger partial charge in [-0.05, 0) is 38.1 Å². The quantitative estimate of drug-likeness (QED) is 0.589. The van der Waals surface area contributed by atoms with Gasteiger partial charge in [0.1, 0.15) is 17.1 Å². The van der Waals surface area contributed by atoms with Crippen molar-refractivity contribution in [2.75, 3.05) is 5.32 Å². The molecule has 0 aliphatic heterocycles. The number of amides is 1. The molecule has 0 aliphatic carbocycles. The van der Waals surface area contributed by atoms with Crippen LogP contribution in [0.25, 0.3) is 16.5 Å². The van der Waals surface area contributed by atoms with E-state index in [0.29, 0.717) is 21.5 Å². The van der Waals surface area contributed by atoms with E-state index in [4.69, 9.17) is 0 Å². The normalized spacial score (nSPS) is 10.9. The zero-order valence-corrected chi connectivity index (χ0v) is 15.9. The summed E-state index contributed by atoms with van der Waals surface area (Å²) in [6.07, 6.45) is 3.25. The fourth-order valence-electron chi connectivity index (χ4n) is 2.89. The van der Waals surface area contributed by atoms with E-state index in [1.165, 1.54) is 11.3 Å². The van der Waals surface area contributed by atoms with Gasteiger partial charge in [0, 0.05) is 24.6 Å². The third-order valence-corrected chi connectivity index (χ3v) is 5.03. The lowest BCUT2D eigenvalue weighted by atomic mass is 10.3. The number of nitrogens with one attached hydrogen (secondary N) is 1. The molecule has 0 radical (unpaired) electrons. The topological polar surface area (TPSA) is 90.5 Å². The molecule has 9 heteroatoms. The van der Waals surface area contributed by atoms with Crippen molar-refractivity contribution in [1.29, 1.82) is 0 Å². The van der Waals surface area contributed by atoms with E-state index in [1.807, 2.05) is 55.8 Å². The molecule has 0 aromatic carbocycles. The van der Waals surface area contributed by atoms with Gasteiger partial charge in [-0.15, -0.1) is 10.2 Å². The first-order chi connectivity index (χ1) is 13.0. The summed E-state index contributed by atoms with van der Waals surface area (Å²) < 4.78 is 3.69. The third-order valence-electron chi connectivity index (χ3n) is 4.16. The molecule has 4 heterocycles. The van der Waals surface area contributed by atoms with Crippen molar-refractivity contribution < 1.29 is 4.79 Å². The number of carbonyl (C=O) groups is 1. The van der Waals surface area contributed by atoms with Crippen LogP contribution in [0.4, 0.5) is 5.13 Å². The third kappa shape index (κ3) is 3.13. The molecule has 0 aliphatic rings. The minimum atomic E-state index is -0.283. The van der Waals surface area contributed by atoms with Gasteiger partial charge < -0.3 is 4.57 Å². The van der Waals surface area contributed by atoms with Crippen molar-refractivity contribution in [2.24, 2.45) is 7.05 Å². The predicted molar refractivity (Wildman–Crippen MR) is 103 cm³/mol. The minimum Gasteiger partial charge on any atom is -0.303 e. The Morgan fingerprint density at radius 3 is 2.59 bits per heavy atom. The van der Waals surface area contributed by atoms with Crippen molar-refractivity contribution in [3.8, 4) is 16.5 Å². The molecule has 4 rings (SSSR count). The number of rotatable bonds is 4. The Kier molecular flexibility index (Phi) is 4.28. The first-order valence-corrected chi connectivity index (χ1v) is 9.10. The minimum absolute atomic E-state index is 0.283. The van der Waals surface area contributed by atoms with Gasteiger partial charge in [0.2, 0.25) is 5.13 Å². The molecule has 1 N–H and O–H groups in total. The molecule has 0 fully saturated rings. The van der Waals surface area contributed by atoms with E-state index in [1.54, 1.807) is 17.1 Å². The summed E-state index contributed by atoms with van der Waals surface area (Å²) in [6.45, 7) is 3.98. The smallest absolute Gasteiger partial charge is 0.262 e. The van der Waals surface area contributed by atoms with Gasteiger partial charge in [-0.2, -0.15) is 5.10 Å². The molecule has 136 valence electrons. The van der Waals surface area contributed by atoms with Crippen LogP contribution >= 0.6 is 11.3 Å². The molecule has 8 nitrogen and oxygen atoms in total. The fraction of sp³-hybridized carbons (Fsp3) is 0.167. The van der Waals surface area contributed by atoms with Crippen LogP contribution in [0.1, 0.15) is 21.7 Å². The highest BCUT2D eigenvalue weighted by atomic mass is 32.1. The average molecular weight is 379 g/mol. The van der Waals surface area contributed by atoms with E-state index >= 15 is 0 Å². The summed E-state index contributed by atoms with van der Waals surface area (Å²) in [5.74, 6) is 0.427. The van der Waals surface area contributed by atoms with Crippen molar-refractivity contribution in [3.05, 3.63) is 59.7 Å². The van der Waals surface area contributed by atoms with Gasteiger partial charge >= 0.3 is 0 Å². The van der Waals surface area contributed by atoms with Crippen LogP contribution in [0.3, 0.4) is 0 Å². The Bertz CT molecular complexity index is 1090. The van der Waals surface area contributed by atoms with E-state index in [0.717, 1.165) is 17.1 Å². The lowest BCUT2D eigenvalue weighted by molar-refractivity contribution is 0.102. The summed E-state index contributed by atoms with van der Waals surface area (Å²) in [6, 6.07) is 9.58. The maximum Gasteiger partial charge on any atom is 0.262 e. The van der Waals surface area contributed by atoms with Crippen LogP contribution in [-0.2, 0) is 7.05 Å². The highest BCUT2D eigenvalue weighted by molar-refractivity contribution is 7.18. The summed E-state index contributed by atoms with van der Waals surface area (Å²) in [4.78, 5) is 17.1. The molecular weight excluding hydrogens is 362 g/mol. The molecule has 0 bridgehead atoms. The summed E-state index contributed by atoms with van der Waals surface area (Å²) >= 11 is 1.27. The van der Waals surface area contributed by atoms with Gasteiger partial charge in [0.15, 0.2) is 5.01 Å². The van der Waals surface area contributed by atoms with Gasteiger partial charge in [-0.25, -0.2) is 0 Å². The molecule has 0 saturated heterocycles. The van der Waals surface area contributed by atoms with Gasteiger partial charge in [0.05, 0.1) is 6.20 Å². The predicted octanol–water partition coefficient (Wildman–Crippen LogP) is 2.99. The standard InChI is InChI=1S/C18H17N7OS/c1-11-7-8-12(2)25(11)17-13(10-20-24(17)3)15(26)21-18-23-22-16(27-18)14-6-4-5-9-19-14/h4-10H,1-3H3,(H,21,23,26). The number of anilines is 1. The van der Waals surface area contributed by atoms with Crippen LogP contribution in [0.5, 0.6) is 0 Å². The Balaban J connectivity index is 1.63. The molecule has 4 aromatic rings. The summed E-state index contributed by atoms with van der Waals surface area (Å²) in [7, 11) is 1.81. The molecule has 0 unspecified atom stereocenters. The largest absolute Gasteiger partial charge is 0.303 e. The van der Waals surface area contributed by atoms with Crippen LogP contribution in [0.15, 0.2) is 42.7 Å². The Hall–Kier alpha value is -3.33. The van der Waals surface area contributed by atoms with Gasteiger partial charge in [-0.1, -0.05) is 17.4 Å². The molecule has 1 amide bonds. The lowest BCUT2D eigenvalue weighted by Crippen LogP contribution is -2.16. The summed E-state index contributed by atoms with van der Waals surface area (Å²) in [5, 5.41) is 16.3. The second-order valence-electron chi connectivity index (χ2n) is 6.04. The zero-order valence-electron chi connectivity index (χ0n) is 15.0. The number of hydrogen-bond acceptors (Lipinski definition) is 6. The number of carbonyl (C=O) groups excluding carboxylic acids is 1. The Morgan fingerprint density at radius 2 is 1.89 bits per heavy atom. The second-order valence-corrected chi connectivity index (χ2v) is 7.02. The Morgan fingerprint density at radius 1 is 1.11 bits per heavy atom. The number of nitrogens with zero attached hydrogens (tertiary/aromatic N) is 6. The van der Waals surface area contributed by atoms with Crippen molar-refractivity contribution >= 4 is 22.4 Å². The van der Waals surface area contributed by atoms with Gasteiger partial charge in [-0.3, -0.25) is 19.8 Å². The highest BCUT2D eigenvalue weighted by Gasteiger charge is 2.21. The van der Waals surface area contributed by atoms with Crippen LogP contribution in [0.2, 0.25) is 0 Å². The molecule has 0 spiro atoms. The lowest BCUT2D eigenvalue weighted by Gasteiger charge is -2.12. The Labute approximate surface area is 159 Å². The van der Waals surface area contributed by atoms with Crippen molar-refractivity contribution in [2.45, 2.75) is 13.8 Å². The van der Waals surface area contributed by atoms with Crippen molar-refractivity contribution in [1.82, 2.24) is 29.5 Å². The van der Waals surface area contributed by atoms with Crippen LogP contribution < -0.4 is 5.32 Å². The second kappa shape index (κ2) is 6.76. The fourth-order valence-corrected chi connectivity index (χ4v) is 3.61. The monoisotopic (exact) mass is 379 g/mol.